The van der Waals surface area contributed by atoms with Crippen LogP contribution in [0.25, 0.3) is 0 Å². The summed E-state index contributed by atoms with van der Waals surface area (Å²) in [6.07, 6.45) is 2.31. The number of hydrogen-bond acceptors (Lipinski definition) is 1. The molecule has 0 radical (unpaired) electrons. The van der Waals surface area contributed by atoms with Crippen LogP contribution in [0.2, 0.25) is 0 Å². The van der Waals surface area contributed by atoms with E-state index in [-0.39, 0.29) is 5.41 Å². The molecule has 0 aliphatic carbocycles. The summed E-state index contributed by atoms with van der Waals surface area (Å²) >= 11 is 0. The summed E-state index contributed by atoms with van der Waals surface area (Å²) < 4.78 is 0. The van der Waals surface area contributed by atoms with Crippen molar-refractivity contribution in [3.63, 3.8) is 0 Å². The summed E-state index contributed by atoms with van der Waals surface area (Å²) in [5, 5.41) is 1.06. The van der Waals surface area contributed by atoms with Gasteiger partial charge in [-0.15, -0.1) is 0 Å². The van der Waals surface area contributed by atoms with Crippen LogP contribution in [0, 0.1) is 0 Å². The van der Waals surface area contributed by atoms with E-state index in [0.717, 1.165) is 18.1 Å². The van der Waals surface area contributed by atoms with E-state index in [4.69, 9.17) is 0 Å². The van der Waals surface area contributed by atoms with Crippen LogP contribution in [-0.4, -0.2) is 11.6 Å². The van der Waals surface area contributed by atoms with E-state index in [9.17, 15) is 4.89 Å². The average molecular weight is 224 g/mol. The quantitative estimate of drug-likeness (QED) is 0.777. The van der Waals surface area contributed by atoms with Crippen molar-refractivity contribution in [2.24, 2.45) is 0 Å². The second-order valence-corrected chi connectivity index (χ2v) is 5.90. The monoisotopic (exact) mass is 224 g/mol. The van der Waals surface area contributed by atoms with Gasteiger partial charge in [0.2, 0.25) is 0 Å². The predicted octanol–water partition coefficient (Wildman–Crippen LogP) is 3.41. The van der Waals surface area contributed by atoms with E-state index in [2.05, 4.69) is 45.0 Å². The molecule has 1 nitrogen and oxygen atoms in total. The Bertz CT molecular complexity index is 299. The molecule has 1 N–H and O–H groups in total. The van der Waals surface area contributed by atoms with Gasteiger partial charge in [-0.3, -0.25) is 0 Å². The zero-order valence-electron chi connectivity index (χ0n) is 10.1. The largest absolute Gasteiger partial charge is 0.369 e. The molecule has 0 spiro atoms. The maximum Gasteiger partial charge on any atom is 0.0531 e. The van der Waals surface area contributed by atoms with E-state index < -0.39 is 8.15 Å². The molecule has 1 aromatic carbocycles. The lowest BCUT2D eigenvalue weighted by Crippen LogP contribution is -2.20. The molecule has 0 saturated carbocycles. The van der Waals surface area contributed by atoms with Gasteiger partial charge in [0.15, 0.2) is 0 Å². The molecule has 0 fully saturated rings. The minimum absolute atomic E-state index is 0.282. The fourth-order valence-corrected chi connectivity index (χ4v) is 2.32. The van der Waals surface area contributed by atoms with Gasteiger partial charge in [0.05, 0.1) is 8.15 Å². The van der Waals surface area contributed by atoms with Crippen LogP contribution in [0.1, 0.15) is 39.2 Å². The fourth-order valence-electron chi connectivity index (χ4n) is 1.74. The number of benzene rings is 1. The molecule has 0 amide bonds. The third-order valence-electron chi connectivity index (χ3n) is 3.50. The van der Waals surface area contributed by atoms with Crippen LogP contribution < -0.4 is 5.30 Å². The van der Waals surface area contributed by atoms with Crippen molar-refractivity contribution in [3.8, 4) is 0 Å². The smallest absolute Gasteiger partial charge is 0.0531 e. The molecule has 0 saturated heterocycles. The molecular weight excluding hydrogens is 203 g/mol. The van der Waals surface area contributed by atoms with Gasteiger partial charge in [-0.2, -0.15) is 0 Å². The van der Waals surface area contributed by atoms with Gasteiger partial charge in [-0.1, -0.05) is 45.0 Å². The molecule has 0 aliphatic rings. The first-order valence-electron chi connectivity index (χ1n) is 5.56. The van der Waals surface area contributed by atoms with Crippen molar-refractivity contribution in [3.05, 3.63) is 29.8 Å². The molecule has 15 heavy (non-hydrogen) atoms. The lowest BCUT2D eigenvalue weighted by Gasteiger charge is -2.27. The topological polar surface area (TPSA) is 20.2 Å². The minimum Gasteiger partial charge on any atom is -0.369 e. The molecule has 1 rings (SSSR count). The summed E-state index contributed by atoms with van der Waals surface area (Å²) in [6, 6.07) is 8.45. The van der Waals surface area contributed by atoms with E-state index >= 15 is 0 Å². The first-order valence-corrected chi connectivity index (χ1v) is 7.31. The third-order valence-corrected chi connectivity index (χ3v) is 4.54. The molecule has 84 valence electrons. The lowest BCUT2D eigenvalue weighted by atomic mass is 9.78. The maximum absolute atomic E-state index is 9.50. The second-order valence-electron chi connectivity index (χ2n) is 4.34. The average Bonchev–Trinajstić information content (AvgIpc) is 2.28. The van der Waals surface area contributed by atoms with Crippen LogP contribution in [0.3, 0.4) is 0 Å². The first kappa shape index (κ1) is 12.7. The van der Waals surface area contributed by atoms with E-state index in [1.54, 1.807) is 0 Å². The van der Waals surface area contributed by atoms with E-state index in [1.807, 2.05) is 6.66 Å². The van der Waals surface area contributed by atoms with Crippen molar-refractivity contribution in [2.45, 2.75) is 39.0 Å². The Labute approximate surface area is 94.4 Å². The highest BCUT2D eigenvalue weighted by molar-refractivity contribution is 7.59. The minimum atomic E-state index is -0.952. The van der Waals surface area contributed by atoms with Gasteiger partial charge >= 0.3 is 0 Å². The number of rotatable bonds is 4. The zero-order valence-corrected chi connectivity index (χ0v) is 11.0. The van der Waals surface area contributed by atoms with Crippen molar-refractivity contribution < 1.29 is 4.89 Å². The van der Waals surface area contributed by atoms with E-state index in [1.165, 1.54) is 5.56 Å². The first-order chi connectivity index (χ1) is 7.03. The number of hydrogen-bond donors (Lipinski definition) is 1. The maximum atomic E-state index is 9.50. The zero-order chi connectivity index (χ0) is 11.5. The highest BCUT2D eigenvalue weighted by atomic mass is 31.1. The van der Waals surface area contributed by atoms with Gasteiger partial charge in [-0.25, -0.2) is 0 Å². The van der Waals surface area contributed by atoms with Crippen LogP contribution >= 0.6 is 8.15 Å². The van der Waals surface area contributed by atoms with Crippen LogP contribution in [-0.2, 0) is 5.41 Å². The Kier molecular flexibility index (Phi) is 4.31. The van der Waals surface area contributed by atoms with Gasteiger partial charge in [0, 0.05) is 5.30 Å². The lowest BCUT2D eigenvalue weighted by molar-refractivity contribution is 0.439. The van der Waals surface area contributed by atoms with Gasteiger partial charge in [0.25, 0.3) is 0 Å². The summed E-state index contributed by atoms with van der Waals surface area (Å²) in [6.45, 7) is 8.63. The fraction of sp³-hybridized carbons (Fsp3) is 0.538. The SMILES string of the molecule is CCC(C)(CC)c1ccc(P(C)O)cc1. The Balaban J connectivity index is 2.97. The molecule has 2 heteroatoms. The Morgan fingerprint density at radius 1 is 1.13 bits per heavy atom. The van der Waals surface area contributed by atoms with Gasteiger partial charge in [0.1, 0.15) is 0 Å². The van der Waals surface area contributed by atoms with Crippen molar-refractivity contribution >= 4 is 13.5 Å². The summed E-state index contributed by atoms with van der Waals surface area (Å²) in [7, 11) is -0.952. The highest BCUT2D eigenvalue weighted by Gasteiger charge is 2.21. The Morgan fingerprint density at radius 3 is 1.93 bits per heavy atom. The standard InChI is InChI=1S/C13H21OP/c1-5-13(3,6-2)11-7-9-12(10-8-11)15(4)14/h7-10,14H,5-6H2,1-4H3. The molecular formula is C13H21OP. The molecule has 0 heterocycles. The summed E-state index contributed by atoms with van der Waals surface area (Å²) in [4.78, 5) is 9.50. The van der Waals surface area contributed by atoms with Crippen molar-refractivity contribution in [2.75, 3.05) is 6.66 Å². The van der Waals surface area contributed by atoms with Gasteiger partial charge in [-0.05, 0) is 30.5 Å². The molecule has 0 aliphatic heterocycles. The molecule has 1 aromatic rings. The summed E-state index contributed by atoms with van der Waals surface area (Å²) in [5.74, 6) is 0. The second kappa shape index (κ2) is 5.09. The highest BCUT2D eigenvalue weighted by Crippen LogP contribution is 2.31. The van der Waals surface area contributed by atoms with Crippen LogP contribution in [0.15, 0.2) is 24.3 Å². The van der Waals surface area contributed by atoms with Crippen molar-refractivity contribution in [1.29, 1.82) is 0 Å². The summed E-state index contributed by atoms with van der Waals surface area (Å²) in [5.41, 5.74) is 1.66. The predicted molar refractivity (Wildman–Crippen MR) is 69.1 cm³/mol. The molecule has 0 bridgehead atoms. The molecule has 1 unspecified atom stereocenters. The van der Waals surface area contributed by atoms with Crippen LogP contribution in [0.5, 0.6) is 0 Å². The third kappa shape index (κ3) is 2.80. The molecule has 0 aromatic heterocycles. The van der Waals surface area contributed by atoms with E-state index in [0.29, 0.717) is 0 Å². The molecule has 1 atom stereocenters. The van der Waals surface area contributed by atoms with Crippen LogP contribution in [0.4, 0.5) is 0 Å². The Morgan fingerprint density at radius 2 is 1.60 bits per heavy atom. The van der Waals surface area contributed by atoms with Gasteiger partial charge < -0.3 is 4.89 Å². The normalized spacial score (nSPS) is 13.9. The van der Waals surface area contributed by atoms with Crippen molar-refractivity contribution in [1.82, 2.24) is 0 Å². The Hall–Kier alpha value is -0.390.